The van der Waals surface area contributed by atoms with E-state index in [1.807, 2.05) is 0 Å². The molecule has 9 heteroatoms. The third-order valence-corrected chi connectivity index (χ3v) is 5.12. The van der Waals surface area contributed by atoms with Gasteiger partial charge in [-0.3, -0.25) is 9.59 Å². The lowest BCUT2D eigenvalue weighted by molar-refractivity contribution is -0.141. The van der Waals surface area contributed by atoms with E-state index >= 15 is 0 Å². The molecule has 0 aliphatic carbocycles. The van der Waals surface area contributed by atoms with Crippen molar-refractivity contribution in [2.45, 2.75) is 25.4 Å². The summed E-state index contributed by atoms with van der Waals surface area (Å²) < 4.78 is 30.8. The first-order valence-corrected chi connectivity index (χ1v) is 9.29. The van der Waals surface area contributed by atoms with Crippen molar-refractivity contribution >= 4 is 27.6 Å². The molecule has 1 heterocycles. The fraction of sp³-hybridized carbons (Fsp3) is 0.294. The zero-order chi connectivity index (χ0) is 19.5. The molecule has 26 heavy (non-hydrogen) atoms. The molecule has 0 bridgehead atoms. The highest BCUT2D eigenvalue weighted by Gasteiger charge is 2.22. The van der Waals surface area contributed by atoms with Gasteiger partial charge in [-0.1, -0.05) is 19.1 Å². The fourth-order valence-corrected chi connectivity index (χ4v) is 2.99. The minimum atomic E-state index is -3.78. The van der Waals surface area contributed by atoms with Gasteiger partial charge in [-0.15, -0.1) is 0 Å². The quantitative estimate of drug-likeness (QED) is 0.675. The molecule has 8 nitrogen and oxygen atoms in total. The number of aliphatic carboxylic acids is 1. The number of carbonyl (C=O) groups excluding carboxylic acids is 1. The number of hydrogen-bond acceptors (Lipinski definition) is 5. The lowest BCUT2D eigenvalue weighted by Gasteiger charge is -2.08. The molecule has 2 aromatic rings. The van der Waals surface area contributed by atoms with Gasteiger partial charge in [0.1, 0.15) is 5.76 Å². The van der Waals surface area contributed by atoms with E-state index in [1.54, 1.807) is 31.2 Å². The Morgan fingerprint density at radius 3 is 2.38 bits per heavy atom. The Hall–Kier alpha value is -2.65. The van der Waals surface area contributed by atoms with E-state index < -0.39 is 27.8 Å². The van der Waals surface area contributed by atoms with Crippen LogP contribution in [-0.2, 0) is 21.2 Å². The fourth-order valence-electron chi connectivity index (χ4n) is 2.28. The van der Waals surface area contributed by atoms with Crippen molar-refractivity contribution in [1.82, 2.24) is 4.72 Å². The van der Waals surface area contributed by atoms with Crippen LogP contribution in [0.5, 0.6) is 0 Å². The van der Waals surface area contributed by atoms with Crippen LogP contribution in [0.3, 0.4) is 0 Å². The molecule has 0 spiro atoms. The third kappa shape index (κ3) is 4.50. The normalized spacial score (nSPS) is 12.6. The van der Waals surface area contributed by atoms with Gasteiger partial charge in [-0.25, -0.2) is 13.1 Å². The minimum Gasteiger partial charge on any atom is -0.481 e. The van der Waals surface area contributed by atoms with Crippen LogP contribution < -0.4 is 10.0 Å². The number of aryl methyl sites for hydroxylation is 1. The number of rotatable bonds is 7. The van der Waals surface area contributed by atoms with E-state index in [9.17, 15) is 18.0 Å². The summed E-state index contributed by atoms with van der Waals surface area (Å²) in [6, 6.07) is 7.94. The second-order valence-electron chi connectivity index (χ2n) is 5.84. The lowest BCUT2D eigenvalue weighted by Crippen LogP contribution is -2.18. The van der Waals surface area contributed by atoms with Gasteiger partial charge in [-0.05, 0) is 38.1 Å². The monoisotopic (exact) mass is 380 g/mol. The number of benzene rings is 1. The summed E-state index contributed by atoms with van der Waals surface area (Å²) >= 11 is 0. The number of nitrogens with one attached hydrogen (secondary N) is 2. The van der Waals surface area contributed by atoms with E-state index in [1.165, 1.54) is 20.0 Å². The van der Waals surface area contributed by atoms with Gasteiger partial charge in [0.25, 0.3) is 15.9 Å². The van der Waals surface area contributed by atoms with Gasteiger partial charge < -0.3 is 14.8 Å². The summed E-state index contributed by atoms with van der Waals surface area (Å²) in [4.78, 5) is 23.2. The number of sulfonamides is 1. The SMILES string of the molecule is CNS(=O)(=O)c1cc(C(=O)Nc2ccc(CC(C)C(=O)O)cc2)c(C)o1. The molecule has 0 saturated heterocycles. The van der Waals surface area contributed by atoms with Gasteiger partial charge in [-0.2, -0.15) is 0 Å². The largest absolute Gasteiger partial charge is 0.481 e. The Kier molecular flexibility index (Phi) is 5.83. The summed E-state index contributed by atoms with van der Waals surface area (Å²) in [7, 11) is -2.53. The highest BCUT2D eigenvalue weighted by atomic mass is 32.2. The number of amides is 1. The molecule has 1 atom stereocenters. The van der Waals surface area contributed by atoms with E-state index in [-0.39, 0.29) is 16.4 Å². The molecule has 2 rings (SSSR count). The lowest BCUT2D eigenvalue weighted by atomic mass is 10.0. The Bertz CT molecular complexity index is 915. The van der Waals surface area contributed by atoms with Gasteiger partial charge in [0, 0.05) is 11.8 Å². The third-order valence-electron chi connectivity index (χ3n) is 3.85. The zero-order valence-electron chi connectivity index (χ0n) is 14.6. The van der Waals surface area contributed by atoms with Crippen LogP contribution in [0.4, 0.5) is 5.69 Å². The molecule has 1 aromatic carbocycles. The number of anilines is 1. The van der Waals surface area contributed by atoms with Crippen LogP contribution in [0.15, 0.2) is 39.8 Å². The second-order valence-corrected chi connectivity index (χ2v) is 7.65. The molecule has 0 fully saturated rings. The molecule has 3 N–H and O–H groups in total. The maximum atomic E-state index is 12.4. The Morgan fingerprint density at radius 2 is 1.85 bits per heavy atom. The predicted octanol–water partition coefficient (Wildman–Crippen LogP) is 2.01. The van der Waals surface area contributed by atoms with Crippen LogP contribution in [0.25, 0.3) is 0 Å². The van der Waals surface area contributed by atoms with Crippen molar-refractivity contribution in [2.24, 2.45) is 5.92 Å². The average molecular weight is 380 g/mol. The molecule has 0 aliphatic heterocycles. The van der Waals surface area contributed by atoms with Gasteiger partial charge >= 0.3 is 5.97 Å². The molecule has 0 saturated carbocycles. The van der Waals surface area contributed by atoms with Crippen LogP contribution in [-0.4, -0.2) is 32.4 Å². The molecular formula is C17H20N2O6S. The molecule has 140 valence electrons. The van der Waals surface area contributed by atoms with Gasteiger partial charge in [0.2, 0.25) is 5.09 Å². The first kappa shape index (κ1) is 19.7. The Balaban J connectivity index is 2.12. The first-order valence-electron chi connectivity index (χ1n) is 7.81. The van der Waals surface area contributed by atoms with Crippen molar-refractivity contribution in [3.05, 3.63) is 47.2 Å². The summed E-state index contributed by atoms with van der Waals surface area (Å²) in [5.41, 5.74) is 1.45. The van der Waals surface area contributed by atoms with E-state index in [2.05, 4.69) is 10.0 Å². The zero-order valence-corrected chi connectivity index (χ0v) is 15.4. The van der Waals surface area contributed by atoms with Crippen molar-refractivity contribution < 1.29 is 27.5 Å². The maximum Gasteiger partial charge on any atom is 0.306 e. The summed E-state index contributed by atoms with van der Waals surface area (Å²) in [6.45, 7) is 3.12. The average Bonchev–Trinajstić information content (AvgIpc) is 2.99. The summed E-state index contributed by atoms with van der Waals surface area (Å²) in [6.07, 6.45) is 0.385. The molecule has 0 radical (unpaired) electrons. The Labute approximate surface area is 151 Å². The number of furan rings is 1. The molecular weight excluding hydrogens is 360 g/mol. The molecule has 0 aliphatic rings. The van der Waals surface area contributed by atoms with Crippen LogP contribution in [0, 0.1) is 12.8 Å². The minimum absolute atomic E-state index is 0.113. The van der Waals surface area contributed by atoms with Crippen LogP contribution >= 0.6 is 0 Å². The first-order chi connectivity index (χ1) is 12.1. The molecule has 1 aromatic heterocycles. The van der Waals surface area contributed by atoms with Gasteiger partial charge in [0.05, 0.1) is 11.5 Å². The Morgan fingerprint density at radius 1 is 1.23 bits per heavy atom. The van der Waals surface area contributed by atoms with E-state index in [0.717, 1.165) is 5.56 Å². The number of carbonyl (C=O) groups is 2. The predicted molar refractivity (Wildman–Crippen MR) is 94.6 cm³/mol. The van der Waals surface area contributed by atoms with E-state index in [4.69, 9.17) is 9.52 Å². The number of carboxylic acid groups (broad SMARTS) is 1. The standard InChI is InChI=1S/C17H20N2O6S/c1-10(17(21)22)8-12-4-6-13(7-5-12)19-16(20)14-9-15(25-11(14)2)26(23,24)18-3/h4-7,9-10,18H,8H2,1-3H3,(H,19,20)(H,21,22). The van der Waals surface area contributed by atoms with Crippen molar-refractivity contribution in [3.63, 3.8) is 0 Å². The number of hydrogen-bond donors (Lipinski definition) is 3. The maximum absolute atomic E-state index is 12.4. The highest BCUT2D eigenvalue weighted by Crippen LogP contribution is 2.21. The highest BCUT2D eigenvalue weighted by molar-refractivity contribution is 7.89. The summed E-state index contributed by atoms with van der Waals surface area (Å²) in [5, 5.41) is 11.3. The molecule has 1 amide bonds. The van der Waals surface area contributed by atoms with Crippen molar-refractivity contribution in [1.29, 1.82) is 0 Å². The smallest absolute Gasteiger partial charge is 0.306 e. The molecule has 1 unspecified atom stereocenters. The topological polar surface area (TPSA) is 126 Å². The van der Waals surface area contributed by atoms with Crippen molar-refractivity contribution in [3.8, 4) is 0 Å². The van der Waals surface area contributed by atoms with Crippen LogP contribution in [0.1, 0.15) is 28.6 Å². The van der Waals surface area contributed by atoms with Gasteiger partial charge in [0.15, 0.2) is 0 Å². The number of carboxylic acids is 1. The second kappa shape index (κ2) is 7.71. The van der Waals surface area contributed by atoms with Crippen LogP contribution in [0.2, 0.25) is 0 Å². The van der Waals surface area contributed by atoms with E-state index in [0.29, 0.717) is 12.1 Å². The summed E-state index contributed by atoms with van der Waals surface area (Å²) in [5.74, 6) is -1.69. The van der Waals surface area contributed by atoms with Crippen molar-refractivity contribution in [2.75, 3.05) is 12.4 Å².